The Hall–Kier alpha value is -1.06. The van der Waals surface area contributed by atoms with E-state index in [4.69, 9.17) is 16.7 Å². The molecule has 114 valence electrons. The van der Waals surface area contributed by atoms with E-state index >= 15 is 0 Å². The number of aliphatic hydroxyl groups excluding tert-OH is 1. The Morgan fingerprint density at radius 2 is 1.67 bits per heavy atom. The summed E-state index contributed by atoms with van der Waals surface area (Å²) in [5.41, 5.74) is 3.71. The van der Waals surface area contributed by atoms with Crippen molar-refractivity contribution in [2.75, 3.05) is 13.2 Å². The molecule has 2 nitrogen and oxygen atoms in total. The van der Waals surface area contributed by atoms with Crippen LogP contribution >= 0.6 is 24.0 Å². The summed E-state index contributed by atoms with van der Waals surface area (Å²) in [6.07, 6.45) is 0.875. The Kier molecular flexibility index (Phi) is 7.76. The molecule has 0 aliphatic rings. The van der Waals surface area contributed by atoms with Crippen LogP contribution in [-0.4, -0.2) is 18.3 Å². The molecule has 0 aliphatic heterocycles. The van der Waals surface area contributed by atoms with Gasteiger partial charge in [-0.15, -0.1) is 12.4 Å². The lowest BCUT2D eigenvalue weighted by Gasteiger charge is -2.19. The summed E-state index contributed by atoms with van der Waals surface area (Å²) in [6.45, 7) is 2.81. The van der Waals surface area contributed by atoms with Crippen LogP contribution in [-0.2, 0) is 6.42 Å². The first kappa shape index (κ1) is 18.0. The Morgan fingerprint density at radius 1 is 1.05 bits per heavy atom. The average Bonchev–Trinajstić information content (AvgIpc) is 2.46. The molecule has 0 fully saturated rings. The summed E-state index contributed by atoms with van der Waals surface area (Å²) in [5, 5.41) is 13.2. The van der Waals surface area contributed by atoms with E-state index in [9.17, 15) is 0 Å². The number of nitrogens with one attached hydrogen (secondary N) is 1. The van der Waals surface area contributed by atoms with Gasteiger partial charge in [-0.2, -0.15) is 0 Å². The van der Waals surface area contributed by atoms with E-state index in [1.54, 1.807) is 0 Å². The van der Waals surface area contributed by atoms with Crippen molar-refractivity contribution in [3.05, 3.63) is 70.2 Å². The van der Waals surface area contributed by atoms with E-state index < -0.39 is 0 Å². The minimum atomic E-state index is 0. The lowest BCUT2D eigenvalue weighted by atomic mass is 9.98. The second-order valence-corrected chi connectivity index (χ2v) is 5.41. The molecule has 0 amide bonds. The average molecular weight is 326 g/mol. The molecule has 2 rings (SSSR count). The molecule has 4 heteroatoms. The van der Waals surface area contributed by atoms with Crippen LogP contribution in [0.2, 0.25) is 5.02 Å². The van der Waals surface area contributed by atoms with Gasteiger partial charge in [-0.25, -0.2) is 0 Å². The SMILES string of the molecule is Cc1ccc(C(Cc2ccc(Cl)cc2)NCCO)cc1.Cl. The first-order valence-corrected chi connectivity index (χ1v) is 7.22. The Morgan fingerprint density at radius 3 is 2.24 bits per heavy atom. The third-order valence-electron chi connectivity index (χ3n) is 3.34. The summed E-state index contributed by atoms with van der Waals surface area (Å²) < 4.78 is 0. The highest BCUT2D eigenvalue weighted by Crippen LogP contribution is 2.20. The second kappa shape index (κ2) is 9.06. The van der Waals surface area contributed by atoms with Gasteiger partial charge in [0.25, 0.3) is 0 Å². The van der Waals surface area contributed by atoms with Crippen molar-refractivity contribution in [3.63, 3.8) is 0 Å². The standard InChI is InChI=1S/C17H20ClNO.ClH/c1-13-2-6-15(7-3-13)17(19-10-11-20)12-14-4-8-16(18)9-5-14;/h2-9,17,19-20H,10-12H2,1H3;1H. The summed E-state index contributed by atoms with van der Waals surface area (Å²) in [5.74, 6) is 0. The fourth-order valence-electron chi connectivity index (χ4n) is 2.20. The molecule has 0 bridgehead atoms. The van der Waals surface area contributed by atoms with Crippen LogP contribution in [0.15, 0.2) is 48.5 Å². The first-order valence-electron chi connectivity index (χ1n) is 6.84. The number of benzene rings is 2. The van der Waals surface area contributed by atoms with Gasteiger partial charge < -0.3 is 10.4 Å². The van der Waals surface area contributed by atoms with Crippen molar-refractivity contribution in [1.82, 2.24) is 5.32 Å². The van der Waals surface area contributed by atoms with Crippen LogP contribution in [0, 0.1) is 6.92 Å². The summed E-state index contributed by atoms with van der Waals surface area (Å²) in [6, 6.07) is 16.6. The lowest BCUT2D eigenvalue weighted by molar-refractivity contribution is 0.284. The molecular formula is C17H21Cl2NO. The van der Waals surface area contributed by atoms with Gasteiger partial charge in [-0.3, -0.25) is 0 Å². The number of hydrogen-bond donors (Lipinski definition) is 2. The molecule has 0 aromatic heterocycles. The Labute approximate surface area is 137 Å². The highest BCUT2D eigenvalue weighted by molar-refractivity contribution is 6.30. The second-order valence-electron chi connectivity index (χ2n) is 4.97. The molecule has 2 N–H and O–H groups in total. The van der Waals surface area contributed by atoms with Crippen molar-refractivity contribution >= 4 is 24.0 Å². The van der Waals surface area contributed by atoms with Crippen LogP contribution in [0.5, 0.6) is 0 Å². The maximum atomic E-state index is 9.03. The molecule has 0 radical (unpaired) electrons. The fraction of sp³-hybridized carbons (Fsp3) is 0.294. The molecule has 0 saturated carbocycles. The van der Waals surface area contributed by atoms with Gasteiger partial charge in [0.1, 0.15) is 0 Å². The topological polar surface area (TPSA) is 32.3 Å². The summed E-state index contributed by atoms with van der Waals surface area (Å²) in [7, 11) is 0. The molecule has 0 spiro atoms. The molecule has 1 unspecified atom stereocenters. The zero-order valence-electron chi connectivity index (χ0n) is 12.1. The zero-order chi connectivity index (χ0) is 14.4. The van der Waals surface area contributed by atoms with Crippen LogP contribution in [0.4, 0.5) is 0 Å². The molecule has 1 atom stereocenters. The summed E-state index contributed by atoms with van der Waals surface area (Å²) in [4.78, 5) is 0. The number of aryl methyl sites for hydroxylation is 1. The quantitative estimate of drug-likeness (QED) is 0.843. The van der Waals surface area contributed by atoms with Gasteiger partial charge in [0, 0.05) is 17.6 Å². The fourth-order valence-corrected chi connectivity index (χ4v) is 2.33. The van der Waals surface area contributed by atoms with Gasteiger partial charge in [0.15, 0.2) is 0 Å². The van der Waals surface area contributed by atoms with Gasteiger partial charge >= 0.3 is 0 Å². The molecule has 0 saturated heterocycles. The predicted octanol–water partition coefficient (Wildman–Crippen LogP) is 3.94. The van der Waals surface area contributed by atoms with Gasteiger partial charge in [-0.05, 0) is 36.6 Å². The van der Waals surface area contributed by atoms with Crippen LogP contribution in [0.1, 0.15) is 22.7 Å². The van der Waals surface area contributed by atoms with Crippen LogP contribution in [0.25, 0.3) is 0 Å². The Balaban J connectivity index is 0.00000220. The smallest absolute Gasteiger partial charge is 0.0556 e. The maximum absolute atomic E-state index is 9.03. The van der Waals surface area contributed by atoms with Crippen molar-refractivity contribution in [2.24, 2.45) is 0 Å². The number of halogens is 2. The zero-order valence-corrected chi connectivity index (χ0v) is 13.6. The predicted molar refractivity (Wildman–Crippen MR) is 91.4 cm³/mol. The van der Waals surface area contributed by atoms with E-state index in [-0.39, 0.29) is 25.1 Å². The van der Waals surface area contributed by atoms with E-state index in [2.05, 4.69) is 36.5 Å². The van der Waals surface area contributed by atoms with E-state index in [0.717, 1.165) is 11.4 Å². The van der Waals surface area contributed by atoms with Gasteiger partial charge in [0.05, 0.1) is 6.61 Å². The molecule has 2 aromatic rings. The minimum Gasteiger partial charge on any atom is -0.395 e. The number of aliphatic hydroxyl groups is 1. The first-order chi connectivity index (χ1) is 9.69. The van der Waals surface area contributed by atoms with E-state index in [0.29, 0.717) is 6.54 Å². The molecular weight excluding hydrogens is 305 g/mol. The highest BCUT2D eigenvalue weighted by Gasteiger charge is 2.11. The third-order valence-corrected chi connectivity index (χ3v) is 3.59. The highest BCUT2D eigenvalue weighted by atomic mass is 35.5. The normalized spacial score (nSPS) is 11.8. The van der Waals surface area contributed by atoms with Gasteiger partial charge in [-0.1, -0.05) is 53.6 Å². The molecule has 0 aliphatic carbocycles. The lowest BCUT2D eigenvalue weighted by Crippen LogP contribution is -2.26. The van der Waals surface area contributed by atoms with E-state index in [1.165, 1.54) is 16.7 Å². The van der Waals surface area contributed by atoms with Crippen molar-refractivity contribution in [2.45, 2.75) is 19.4 Å². The number of hydrogen-bond acceptors (Lipinski definition) is 2. The van der Waals surface area contributed by atoms with Crippen molar-refractivity contribution < 1.29 is 5.11 Å². The number of rotatable bonds is 6. The van der Waals surface area contributed by atoms with E-state index in [1.807, 2.05) is 24.3 Å². The summed E-state index contributed by atoms with van der Waals surface area (Å²) >= 11 is 5.92. The molecule has 0 heterocycles. The van der Waals surface area contributed by atoms with Crippen LogP contribution < -0.4 is 5.32 Å². The maximum Gasteiger partial charge on any atom is 0.0556 e. The largest absolute Gasteiger partial charge is 0.395 e. The monoisotopic (exact) mass is 325 g/mol. The third kappa shape index (κ3) is 5.68. The molecule has 21 heavy (non-hydrogen) atoms. The van der Waals surface area contributed by atoms with Gasteiger partial charge in [0.2, 0.25) is 0 Å². The van der Waals surface area contributed by atoms with Crippen molar-refractivity contribution in [1.29, 1.82) is 0 Å². The molecule has 2 aromatic carbocycles. The minimum absolute atomic E-state index is 0. The van der Waals surface area contributed by atoms with Crippen LogP contribution in [0.3, 0.4) is 0 Å². The van der Waals surface area contributed by atoms with Crippen molar-refractivity contribution in [3.8, 4) is 0 Å². The Bertz CT molecular complexity index is 525.